The van der Waals surface area contributed by atoms with Gasteiger partial charge in [-0.1, -0.05) is 85.8 Å². The van der Waals surface area contributed by atoms with Crippen LogP contribution in [0.25, 0.3) is 11.3 Å². The van der Waals surface area contributed by atoms with Gasteiger partial charge in [0.05, 0.1) is 11.4 Å². The normalized spacial score (nSPS) is 12.2. The van der Waals surface area contributed by atoms with E-state index in [1.54, 1.807) is 29.2 Å². The Labute approximate surface area is 215 Å². The van der Waals surface area contributed by atoms with Crippen LogP contribution in [-0.2, 0) is 27.9 Å². The van der Waals surface area contributed by atoms with Crippen LogP contribution >= 0.6 is 11.3 Å². The molecule has 0 bridgehead atoms. The van der Waals surface area contributed by atoms with Gasteiger partial charge >= 0.3 is 10.3 Å². The van der Waals surface area contributed by atoms with E-state index in [1.165, 1.54) is 11.3 Å². The molecule has 0 saturated carbocycles. The van der Waals surface area contributed by atoms with Crippen molar-refractivity contribution in [3.8, 4) is 11.3 Å². The molecule has 7 nitrogen and oxygen atoms in total. The topological polar surface area (TPSA) is 99.6 Å². The molecular weight excluding hydrogens is 494 g/mol. The fourth-order valence-electron chi connectivity index (χ4n) is 3.96. The molecule has 0 aliphatic heterocycles. The van der Waals surface area contributed by atoms with Crippen molar-refractivity contribution in [1.82, 2.24) is 4.98 Å². The first kappa shape index (κ1) is 25.6. The fourth-order valence-corrected chi connectivity index (χ4v) is 5.30. The molecule has 1 aromatic heterocycles. The quantitative estimate of drug-likeness (QED) is 0.269. The maximum Gasteiger partial charge on any atom is 0.357 e. The first-order chi connectivity index (χ1) is 17.3. The molecule has 1 unspecified atom stereocenters. The van der Waals surface area contributed by atoms with Crippen molar-refractivity contribution in [2.24, 2.45) is 5.92 Å². The molecule has 3 aromatic carbocycles. The van der Waals surface area contributed by atoms with Crippen molar-refractivity contribution >= 4 is 38.4 Å². The number of benzene rings is 3. The molecule has 0 radical (unpaired) electrons. The van der Waals surface area contributed by atoms with E-state index >= 15 is 0 Å². The van der Waals surface area contributed by atoms with Crippen molar-refractivity contribution < 1.29 is 17.8 Å². The van der Waals surface area contributed by atoms with Gasteiger partial charge in [-0.15, -0.1) is 11.3 Å². The Morgan fingerprint density at radius 2 is 1.64 bits per heavy atom. The van der Waals surface area contributed by atoms with Gasteiger partial charge in [0.2, 0.25) is 5.91 Å². The second-order valence-corrected chi connectivity index (χ2v) is 10.4. The second kappa shape index (κ2) is 11.5. The zero-order valence-corrected chi connectivity index (χ0v) is 21.4. The van der Waals surface area contributed by atoms with Crippen LogP contribution < -0.4 is 9.62 Å². The van der Waals surface area contributed by atoms with Gasteiger partial charge in [0, 0.05) is 23.4 Å². The molecule has 4 aromatic rings. The number of rotatable bonds is 10. The molecule has 0 saturated heterocycles. The van der Waals surface area contributed by atoms with Crippen LogP contribution in [0, 0.1) is 5.92 Å². The van der Waals surface area contributed by atoms with E-state index in [9.17, 15) is 17.8 Å². The summed E-state index contributed by atoms with van der Waals surface area (Å²) in [6.45, 7) is 2.20. The molecule has 0 aliphatic rings. The molecule has 0 fully saturated rings. The van der Waals surface area contributed by atoms with Gasteiger partial charge in [-0.2, -0.15) is 8.42 Å². The second-order valence-electron chi connectivity index (χ2n) is 8.45. The highest BCUT2D eigenvalue weighted by Gasteiger charge is 2.25. The molecule has 186 valence electrons. The highest BCUT2D eigenvalue weighted by molar-refractivity contribution is 7.87. The van der Waals surface area contributed by atoms with E-state index < -0.39 is 10.3 Å². The van der Waals surface area contributed by atoms with Gasteiger partial charge in [-0.25, -0.2) is 4.98 Å². The van der Waals surface area contributed by atoms with Gasteiger partial charge in [-0.05, 0) is 30.0 Å². The minimum absolute atomic E-state index is 0.0620. The average molecular weight is 522 g/mol. The van der Waals surface area contributed by atoms with Gasteiger partial charge < -0.3 is 0 Å². The van der Waals surface area contributed by atoms with Crippen LogP contribution in [0.15, 0.2) is 90.3 Å². The number of thiazole rings is 1. The number of para-hydroxylation sites is 1. The zero-order chi connectivity index (χ0) is 25.5. The van der Waals surface area contributed by atoms with Crippen LogP contribution in [0.5, 0.6) is 0 Å². The van der Waals surface area contributed by atoms with Crippen LogP contribution in [0.4, 0.5) is 10.8 Å². The molecule has 4 rings (SSSR count). The number of aromatic nitrogens is 1. The summed E-state index contributed by atoms with van der Waals surface area (Å²) in [5, 5.41) is 2.51. The summed E-state index contributed by atoms with van der Waals surface area (Å²) in [7, 11) is -4.42. The van der Waals surface area contributed by atoms with Crippen molar-refractivity contribution in [2.45, 2.75) is 19.8 Å². The first-order valence-electron chi connectivity index (χ1n) is 11.5. The standard InChI is InChI=1S/C27H27N3O4S2/c1-20(18-21-10-4-2-5-11-21)26(31)30(27-28-25(19-35-27)22-12-6-3-7-13-22)17-16-23-14-8-9-15-24(23)29-36(32,33)34/h2-15,19-20,29H,16-18H2,1H3,(H,32,33,34). The van der Waals surface area contributed by atoms with E-state index in [0.717, 1.165) is 16.8 Å². The Morgan fingerprint density at radius 1 is 1.00 bits per heavy atom. The van der Waals surface area contributed by atoms with E-state index in [-0.39, 0.29) is 17.5 Å². The predicted octanol–water partition coefficient (Wildman–Crippen LogP) is 5.48. The van der Waals surface area contributed by atoms with E-state index in [2.05, 4.69) is 4.72 Å². The summed E-state index contributed by atoms with van der Waals surface area (Å²) in [6, 6.07) is 26.4. The maximum atomic E-state index is 13.7. The van der Waals surface area contributed by atoms with Crippen LogP contribution in [0.2, 0.25) is 0 Å². The number of carbonyl (C=O) groups is 1. The highest BCUT2D eigenvalue weighted by Crippen LogP contribution is 2.29. The van der Waals surface area contributed by atoms with Gasteiger partial charge in [0.15, 0.2) is 5.13 Å². The Hall–Kier alpha value is -3.53. The number of anilines is 2. The summed E-state index contributed by atoms with van der Waals surface area (Å²) >= 11 is 1.40. The number of nitrogens with one attached hydrogen (secondary N) is 1. The molecule has 1 atom stereocenters. The number of carbonyl (C=O) groups excluding carboxylic acids is 1. The highest BCUT2D eigenvalue weighted by atomic mass is 32.2. The van der Waals surface area contributed by atoms with Crippen LogP contribution in [-0.4, -0.2) is 30.4 Å². The molecule has 1 amide bonds. The van der Waals surface area contributed by atoms with Crippen molar-refractivity contribution in [2.75, 3.05) is 16.2 Å². The van der Waals surface area contributed by atoms with E-state index in [0.29, 0.717) is 30.1 Å². The third-order valence-corrected chi connectivity index (χ3v) is 7.07. The Balaban J connectivity index is 1.60. The van der Waals surface area contributed by atoms with Gasteiger partial charge in [0.1, 0.15) is 0 Å². The number of hydrogen-bond acceptors (Lipinski definition) is 5. The van der Waals surface area contributed by atoms with Crippen molar-refractivity contribution in [3.05, 3.63) is 101 Å². The number of nitrogens with zero attached hydrogens (tertiary/aromatic N) is 2. The fraction of sp³-hybridized carbons (Fsp3) is 0.185. The molecular formula is C27H27N3O4S2. The minimum Gasteiger partial charge on any atom is -0.288 e. The zero-order valence-electron chi connectivity index (χ0n) is 19.7. The Morgan fingerprint density at radius 3 is 2.33 bits per heavy atom. The largest absolute Gasteiger partial charge is 0.357 e. The lowest BCUT2D eigenvalue weighted by Gasteiger charge is -2.24. The summed E-state index contributed by atoms with van der Waals surface area (Å²) in [4.78, 5) is 20.1. The lowest BCUT2D eigenvalue weighted by atomic mass is 9.99. The maximum absolute atomic E-state index is 13.7. The predicted molar refractivity (Wildman–Crippen MR) is 145 cm³/mol. The summed E-state index contributed by atoms with van der Waals surface area (Å²) < 4.78 is 34.2. The van der Waals surface area contributed by atoms with Gasteiger partial charge in [0.25, 0.3) is 0 Å². The Kier molecular flexibility index (Phi) is 8.14. The van der Waals surface area contributed by atoms with Gasteiger partial charge in [-0.3, -0.25) is 19.0 Å². The van der Waals surface area contributed by atoms with E-state index in [1.807, 2.05) is 73.0 Å². The van der Waals surface area contributed by atoms with E-state index in [4.69, 9.17) is 4.98 Å². The SMILES string of the molecule is CC(Cc1ccccc1)C(=O)N(CCc1ccccc1NS(=O)(=O)O)c1nc(-c2ccccc2)cs1. The number of hydrogen-bond donors (Lipinski definition) is 2. The molecule has 36 heavy (non-hydrogen) atoms. The molecule has 1 heterocycles. The molecule has 0 spiro atoms. The number of amides is 1. The lowest BCUT2D eigenvalue weighted by molar-refractivity contribution is -0.121. The third-order valence-electron chi connectivity index (χ3n) is 5.73. The molecule has 2 N–H and O–H groups in total. The third kappa shape index (κ3) is 6.78. The summed E-state index contributed by atoms with van der Waals surface area (Å²) in [5.41, 5.74) is 3.76. The smallest absolute Gasteiger partial charge is 0.288 e. The Bertz CT molecular complexity index is 1410. The molecule has 9 heteroatoms. The first-order valence-corrected chi connectivity index (χ1v) is 13.8. The average Bonchev–Trinajstić information content (AvgIpc) is 3.35. The summed E-state index contributed by atoms with van der Waals surface area (Å²) in [5.74, 6) is -0.351. The minimum atomic E-state index is -4.42. The molecule has 0 aliphatic carbocycles. The van der Waals surface area contributed by atoms with Crippen molar-refractivity contribution in [1.29, 1.82) is 0 Å². The summed E-state index contributed by atoms with van der Waals surface area (Å²) in [6.07, 6.45) is 0.955. The lowest BCUT2D eigenvalue weighted by Crippen LogP contribution is -2.37. The van der Waals surface area contributed by atoms with Crippen LogP contribution in [0.1, 0.15) is 18.1 Å². The van der Waals surface area contributed by atoms with Crippen LogP contribution in [0.3, 0.4) is 0 Å². The monoisotopic (exact) mass is 521 g/mol. The van der Waals surface area contributed by atoms with Crippen molar-refractivity contribution in [3.63, 3.8) is 0 Å².